The number of thiophene rings is 1. The van der Waals surface area contributed by atoms with Crippen molar-refractivity contribution in [2.24, 2.45) is 0 Å². The second-order valence-electron chi connectivity index (χ2n) is 6.95. The van der Waals surface area contributed by atoms with Gasteiger partial charge in [0.15, 0.2) is 0 Å². The maximum Gasteiger partial charge on any atom is 0.320 e. The fourth-order valence-electron chi connectivity index (χ4n) is 3.32. The first-order valence-corrected chi connectivity index (χ1v) is 11.1. The highest BCUT2D eigenvalue weighted by Gasteiger charge is 2.16. The van der Waals surface area contributed by atoms with Crippen LogP contribution in [-0.4, -0.2) is 78.4 Å². The third kappa shape index (κ3) is 5.46. The molecule has 0 aromatic carbocycles. The maximum absolute atomic E-state index is 5.40. The molecule has 3 aromatic rings. The molecule has 10 heteroatoms. The van der Waals surface area contributed by atoms with Crippen molar-refractivity contribution in [3.8, 4) is 33.7 Å². The number of aromatic nitrogens is 4. The molecule has 3 aromatic heterocycles. The first kappa shape index (κ1) is 21.4. The summed E-state index contributed by atoms with van der Waals surface area (Å²) in [7, 11) is 3.09. The fourth-order valence-corrected chi connectivity index (χ4v) is 4.05. The summed E-state index contributed by atoms with van der Waals surface area (Å²) in [6.07, 6.45) is 2.80. The summed E-state index contributed by atoms with van der Waals surface area (Å²) in [5.74, 6) is 1.02. The summed E-state index contributed by atoms with van der Waals surface area (Å²) in [4.78, 5) is 21.4. The van der Waals surface area contributed by atoms with Gasteiger partial charge in [0.1, 0.15) is 0 Å². The van der Waals surface area contributed by atoms with E-state index in [1.807, 2.05) is 17.5 Å². The van der Waals surface area contributed by atoms with E-state index < -0.39 is 0 Å². The van der Waals surface area contributed by atoms with Crippen molar-refractivity contribution in [1.29, 1.82) is 0 Å². The SMILES string of the molecule is COc1cc(-c2cnc(NCCCN3CCOCC3)nc2-c2cccs2)nc(OC)n1. The summed E-state index contributed by atoms with van der Waals surface area (Å²) in [6, 6.07) is 6.03. The Morgan fingerprint density at radius 1 is 1.16 bits per heavy atom. The third-order valence-electron chi connectivity index (χ3n) is 4.93. The molecule has 1 aliphatic heterocycles. The van der Waals surface area contributed by atoms with Crippen molar-refractivity contribution in [2.45, 2.75) is 6.42 Å². The summed E-state index contributed by atoms with van der Waals surface area (Å²) in [6.45, 7) is 5.48. The number of hydrogen-bond donors (Lipinski definition) is 1. The molecule has 31 heavy (non-hydrogen) atoms. The molecular formula is C21H26N6O3S. The van der Waals surface area contributed by atoms with Crippen LogP contribution in [0.15, 0.2) is 29.8 Å². The van der Waals surface area contributed by atoms with Crippen molar-refractivity contribution >= 4 is 17.3 Å². The van der Waals surface area contributed by atoms with Crippen molar-refractivity contribution in [3.05, 3.63) is 29.8 Å². The third-order valence-corrected chi connectivity index (χ3v) is 5.81. The monoisotopic (exact) mass is 442 g/mol. The highest BCUT2D eigenvalue weighted by atomic mass is 32.1. The van der Waals surface area contributed by atoms with E-state index in [0.29, 0.717) is 17.5 Å². The molecule has 164 valence electrons. The lowest BCUT2D eigenvalue weighted by Gasteiger charge is -2.26. The molecule has 1 N–H and O–H groups in total. The number of rotatable bonds is 9. The van der Waals surface area contributed by atoms with Gasteiger partial charge in [-0.05, 0) is 24.4 Å². The van der Waals surface area contributed by atoms with Crippen LogP contribution in [0.3, 0.4) is 0 Å². The van der Waals surface area contributed by atoms with Crippen LogP contribution in [0.2, 0.25) is 0 Å². The van der Waals surface area contributed by atoms with Gasteiger partial charge >= 0.3 is 6.01 Å². The van der Waals surface area contributed by atoms with Gasteiger partial charge < -0.3 is 19.5 Å². The van der Waals surface area contributed by atoms with Gasteiger partial charge in [-0.2, -0.15) is 9.97 Å². The second kappa shape index (κ2) is 10.5. The van der Waals surface area contributed by atoms with Crippen LogP contribution in [-0.2, 0) is 4.74 Å². The second-order valence-corrected chi connectivity index (χ2v) is 7.90. The Kier molecular flexibility index (Phi) is 7.23. The Balaban J connectivity index is 1.53. The van der Waals surface area contributed by atoms with Crippen LogP contribution in [0, 0.1) is 0 Å². The van der Waals surface area contributed by atoms with Gasteiger partial charge in [-0.15, -0.1) is 11.3 Å². The number of ether oxygens (including phenoxy) is 3. The predicted molar refractivity (Wildman–Crippen MR) is 120 cm³/mol. The lowest BCUT2D eigenvalue weighted by molar-refractivity contribution is 0.0378. The standard InChI is InChI=1S/C21H26N6O3S/c1-28-18-13-16(24-21(25-18)29-2)15-14-23-20(26-19(15)17-5-3-12-31-17)22-6-4-7-27-8-10-30-11-9-27/h3,5,12-14H,4,6-11H2,1-2H3,(H,22,23,26). The number of morpholine rings is 1. The average molecular weight is 443 g/mol. The minimum Gasteiger partial charge on any atom is -0.481 e. The van der Waals surface area contributed by atoms with Gasteiger partial charge in [0.2, 0.25) is 11.8 Å². The van der Waals surface area contributed by atoms with Crippen LogP contribution < -0.4 is 14.8 Å². The quantitative estimate of drug-likeness (QED) is 0.502. The van der Waals surface area contributed by atoms with E-state index in [4.69, 9.17) is 19.2 Å². The Morgan fingerprint density at radius 2 is 2.03 bits per heavy atom. The van der Waals surface area contributed by atoms with Gasteiger partial charge in [-0.1, -0.05) is 6.07 Å². The number of methoxy groups -OCH3 is 2. The molecule has 0 spiro atoms. The lowest BCUT2D eigenvalue weighted by Crippen LogP contribution is -2.37. The molecule has 0 amide bonds. The number of anilines is 1. The van der Waals surface area contributed by atoms with E-state index in [-0.39, 0.29) is 6.01 Å². The van der Waals surface area contributed by atoms with Crippen molar-refractivity contribution in [2.75, 3.05) is 58.9 Å². The highest BCUT2D eigenvalue weighted by molar-refractivity contribution is 7.13. The highest BCUT2D eigenvalue weighted by Crippen LogP contribution is 2.34. The van der Waals surface area contributed by atoms with E-state index in [1.165, 1.54) is 7.11 Å². The van der Waals surface area contributed by atoms with Crippen molar-refractivity contribution in [3.63, 3.8) is 0 Å². The molecule has 1 aliphatic rings. The average Bonchev–Trinajstić information content (AvgIpc) is 3.37. The Bertz CT molecular complexity index is 957. The molecular weight excluding hydrogens is 416 g/mol. The normalized spacial score (nSPS) is 14.4. The summed E-state index contributed by atoms with van der Waals surface area (Å²) >= 11 is 1.62. The Hall–Kier alpha value is -2.82. The molecule has 0 unspecified atom stereocenters. The van der Waals surface area contributed by atoms with Crippen LogP contribution in [0.1, 0.15) is 6.42 Å². The number of hydrogen-bond acceptors (Lipinski definition) is 10. The van der Waals surface area contributed by atoms with Crippen molar-refractivity contribution in [1.82, 2.24) is 24.8 Å². The molecule has 4 heterocycles. The molecule has 1 saturated heterocycles. The van der Waals surface area contributed by atoms with Gasteiger partial charge in [0, 0.05) is 37.5 Å². The summed E-state index contributed by atoms with van der Waals surface area (Å²) < 4.78 is 15.9. The Morgan fingerprint density at radius 3 is 2.77 bits per heavy atom. The molecule has 0 bridgehead atoms. The molecule has 0 aliphatic carbocycles. The minimum absolute atomic E-state index is 0.233. The van der Waals surface area contributed by atoms with Crippen LogP contribution >= 0.6 is 11.3 Å². The van der Waals surface area contributed by atoms with Gasteiger partial charge in [0.25, 0.3) is 0 Å². The van der Waals surface area contributed by atoms with Crippen LogP contribution in [0.4, 0.5) is 5.95 Å². The van der Waals surface area contributed by atoms with Gasteiger partial charge in [-0.3, -0.25) is 4.90 Å². The lowest BCUT2D eigenvalue weighted by atomic mass is 10.1. The van der Waals surface area contributed by atoms with Crippen LogP contribution in [0.5, 0.6) is 11.9 Å². The topological polar surface area (TPSA) is 94.5 Å². The summed E-state index contributed by atoms with van der Waals surface area (Å²) in [5, 5.41) is 5.38. The van der Waals surface area contributed by atoms with E-state index >= 15 is 0 Å². The van der Waals surface area contributed by atoms with E-state index in [9.17, 15) is 0 Å². The molecule has 0 atom stereocenters. The van der Waals surface area contributed by atoms with E-state index in [1.54, 1.807) is 30.7 Å². The van der Waals surface area contributed by atoms with E-state index in [2.05, 4.69) is 25.2 Å². The maximum atomic E-state index is 5.40. The van der Waals surface area contributed by atoms with Gasteiger partial charge in [0.05, 0.1) is 43.7 Å². The molecule has 4 rings (SSSR count). The Labute approximate surface area is 185 Å². The first-order valence-electron chi connectivity index (χ1n) is 10.2. The zero-order valence-electron chi connectivity index (χ0n) is 17.7. The van der Waals surface area contributed by atoms with E-state index in [0.717, 1.165) is 61.9 Å². The fraction of sp³-hybridized carbons (Fsp3) is 0.429. The largest absolute Gasteiger partial charge is 0.481 e. The molecule has 1 fully saturated rings. The van der Waals surface area contributed by atoms with Crippen molar-refractivity contribution < 1.29 is 14.2 Å². The van der Waals surface area contributed by atoms with Crippen LogP contribution in [0.25, 0.3) is 21.8 Å². The molecule has 9 nitrogen and oxygen atoms in total. The number of nitrogens with one attached hydrogen (secondary N) is 1. The predicted octanol–water partition coefficient (Wildman–Crippen LogP) is 2.81. The smallest absolute Gasteiger partial charge is 0.320 e. The first-order chi connectivity index (χ1) is 15.3. The minimum atomic E-state index is 0.233. The van der Waals surface area contributed by atoms with Gasteiger partial charge in [-0.25, -0.2) is 9.97 Å². The molecule has 0 saturated carbocycles. The number of nitrogens with zero attached hydrogens (tertiary/aromatic N) is 5. The zero-order chi connectivity index (χ0) is 21.5. The summed E-state index contributed by atoms with van der Waals surface area (Å²) in [5.41, 5.74) is 2.25. The molecule has 0 radical (unpaired) electrons. The zero-order valence-corrected chi connectivity index (χ0v) is 18.5.